The van der Waals surface area contributed by atoms with Gasteiger partial charge in [0.05, 0.1) is 33.1 Å². The molecule has 0 spiro atoms. The van der Waals surface area contributed by atoms with E-state index < -0.39 is 12.2 Å². The molecule has 180 valence electrons. The van der Waals surface area contributed by atoms with Gasteiger partial charge in [-0.25, -0.2) is 9.80 Å². The van der Waals surface area contributed by atoms with Crippen LogP contribution in [0.3, 0.4) is 0 Å². The summed E-state index contributed by atoms with van der Waals surface area (Å²) in [5, 5.41) is 17.5. The fourth-order valence-corrected chi connectivity index (χ4v) is 4.76. The first-order valence-corrected chi connectivity index (χ1v) is 11.3. The number of aromatic carboxylic acids is 1. The van der Waals surface area contributed by atoms with E-state index >= 15 is 0 Å². The third kappa shape index (κ3) is 3.80. The zero-order chi connectivity index (χ0) is 24.7. The second kappa shape index (κ2) is 9.03. The third-order valence-electron chi connectivity index (χ3n) is 6.24. The maximum Gasteiger partial charge on any atom is 0.340 e. The van der Waals surface area contributed by atoms with Crippen molar-refractivity contribution in [1.29, 1.82) is 0 Å². The number of carboxylic acid groups (broad SMARTS) is 1. The molecule has 2 atom stereocenters. The molecule has 0 radical (unpaired) electrons. The predicted molar refractivity (Wildman–Crippen MR) is 130 cm³/mol. The van der Waals surface area contributed by atoms with Gasteiger partial charge in [0.1, 0.15) is 5.56 Å². The van der Waals surface area contributed by atoms with E-state index in [9.17, 15) is 9.90 Å². The highest BCUT2D eigenvalue weighted by molar-refractivity contribution is 6.30. The van der Waals surface area contributed by atoms with Crippen LogP contribution >= 0.6 is 11.6 Å². The van der Waals surface area contributed by atoms with Crippen LogP contribution in [0.25, 0.3) is 0 Å². The van der Waals surface area contributed by atoms with Crippen molar-refractivity contribution in [3.05, 3.63) is 81.9 Å². The van der Waals surface area contributed by atoms with E-state index in [1.807, 2.05) is 42.5 Å². The Morgan fingerprint density at radius 2 is 1.74 bits per heavy atom. The molecule has 2 heterocycles. The monoisotopic (exact) mass is 494 g/mol. The summed E-state index contributed by atoms with van der Waals surface area (Å²) in [6.07, 6.45) is -0.253. The van der Waals surface area contributed by atoms with Crippen molar-refractivity contribution in [2.45, 2.75) is 18.7 Å². The Hall–Kier alpha value is -3.91. The predicted octanol–water partition coefficient (Wildman–Crippen LogP) is 5.31. The van der Waals surface area contributed by atoms with Gasteiger partial charge < -0.3 is 24.1 Å². The van der Waals surface area contributed by atoms with E-state index in [-0.39, 0.29) is 17.4 Å². The number of hydrazone groups is 1. The number of carboxylic acids is 1. The zero-order valence-corrected chi connectivity index (χ0v) is 20.1. The van der Waals surface area contributed by atoms with E-state index in [0.29, 0.717) is 34.3 Å². The summed E-state index contributed by atoms with van der Waals surface area (Å²) in [6.45, 7) is 0. The van der Waals surface area contributed by atoms with Gasteiger partial charge >= 0.3 is 5.97 Å². The third-order valence-corrected chi connectivity index (χ3v) is 6.49. The topological polar surface area (TPSA) is 89.8 Å². The van der Waals surface area contributed by atoms with E-state index in [1.54, 1.807) is 24.3 Å². The Morgan fingerprint density at radius 1 is 1.00 bits per heavy atom. The van der Waals surface area contributed by atoms with Crippen LogP contribution in [0.1, 0.15) is 45.7 Å². The SMILES string of the molecule is COc1cccc2c1O[C@H](c1ccc(OC)c(OC)c1C(=O)O)N1N=C(c3ccc(Cl)cc3)C[C@@H]21. The van der Waals surface area contributed by atoms with Gasteiger partial charge in [-0.15, -0.1) is 0 Å². The summed E-state index contributed by atoms with van der Waals surface area (Å²) < 4.78 is 22.8. The molecule has 0 fully saturated rings. The zero-order valence-electron chi connectivity index (χ0n) is 19.3. The van der Waals surface area contributed by atoms with Crippen LogP contribution < -0.4 is 18.9 Å². The number of para-hydroxylation sites is 1. The van der Waals surface area contributed by atoms with Gasteiger partial charge in [0, 0.05) is 22.6 Å². The van der Waals surface area contributed by atoms with Crippen molar-refractivity contribution in [2.24, 2.45) is 5.10 Å². The van der Waals surface area contributed by atoms with Crippen LogP contribution in [-0.2, 0) is 0 Å². The number of fused-ring (bicyclic) bond motifs is 3. The quantitative estimate of drug-likeness (QED) is 0.497. The van der Waals surface area contributed by atoms with E-state index in [0.717, 1.165) is 16.8 Å². The molecule has 2 aliphatic heterocycles. The Bertz CT molecular complexity index is 1320. The number of nitrogens with zero attached hydrogens (tertiary/aromatic N) is 2. The van der Waals surface area contributed by atoms with E-state index in [2.05, 4.69) is 0 Å². The lowest BCUT2D eigenvalue weighted by atomic mass is 9.94. The Labute approximate surface area is 207 Å². The molecular weight excluding hydrogens is 472 g/mol. The average Bonchev–Trinajstić information content (AvgIpc) is 3.33. The largest absolute Gasteiger partial charge is 0.493 e. The molecule has 0 unspecified atom stereocenters. The summed E-state index contributed by atoms with van der Waals surface area (Å²) in [5.74, 6) is 0.377. The van der Waals surface area contributed by atoms with Gasteiger partial charge in [0.25, 0.3) is 0 Å². The average molecular weight is 495 g/mol. The number of halogens is 1. The molecule has 8 nitrogen and oxygen atoms in total. The second-order valence-electron chi connectivity index (χ2n) is 8.07. The number of hydrogen-bond acceptors (Lipinski definition) is 7. The highest BCUT2D eigenvalue weighted by Gasteiger charge is 2.44. The standard InChI is InChI=1S/C26H23ClN2O6/c1-32-20-6-4-5-16-19-13-18(14-7-9-15(27)10-8-14)28-29(19)25(35-23(16)20)17-11-12-21(33-2)24(34-3)22(17)26(30)31/h4-12,19,25H,13H2,1-3H3,(H,30,31)/t19-,25+/m0/s1. The molecule has 0 bridgehead atoms. The van der Waals surface area contributed by atoms with Crippen molar-refractivity contribution >= 4 is 23.3 Å². The highest BCUT2D eigenvalue weighted by Crippen LogP contribution is 2.52. The normalized spacial score (nSPS) is 18.2. The number of carbonyl (C=O) groups is 1. The summed E-state index contributed by atoms with van der Waals surface area (Å²) in [5.41, 5.74) is 3.01. The molecule has 1 N–H and O–H groups in total. The molecule has 2 aliphatic rings. The summed E-state index contributed by atoms with van der Waals surface area (Å²) >= 11 is 6.08. The summed E-state index contributed by atoms with van der Waals surface area (Å²) in [7, 11) is 4.44. The van der Waals surface area contributed by atoms with Crippen LogP contribution in [0, 0.1) is 0 Å². The molecular formula is C26H23ClN2O6. The number of hydrogen-bond donors (Lipinski definition) is 1. The van der Waals surface area contributed by atoms with Gasteiger partial charge in [-0.3, -0.25) is 0 Å². The maximum atomic E-state index is 12.4. The first kappa shape index (κ1) is 22.9. The Balaban J connectivity index is 1.70. The minimum Gasteiger partial charge on any atom is -0.493 e. The van der Waals surface area contributed by atoms with Crippen LogP contribution in [0.5, 0.6) is 23.0 Å². The number of methoxy groups -OCH3 is 3. The molecule has 35 heavy (non-hydrogen) atoms. The highest BCUT2D eigenvalue weighted by atomic mass is 35.5. The van der Waals surface area contributed by atoms with Gasteiger partial charge in [0.2, 0.25) is 6.23 Å². The van der Waals surface area contributed by atoms with E-state index in [1.165, 1.54) is 14.2 Å². The first-order valence-electron chi connectivity index (χ1n) is 10.9. The summed E-state index contributed by atoms with van der Waals surface area (Å²) in [4.78, 5) is 12.4. The molecule has 0 saturated heterocycles. The smallest absolute Gasteiger partial charge is 0.340 e. The first-order chi connectivity index (χ1) is 17.0. The Kier molecular flexibility index (Phi) is 5.90. The second-order valence-corrected chi connectivity index (χ2v) is 8.51. The Morgan fingerprint density at radius 3 is 2.40 bits per heavy atom. The molecule has 0 aromatic heterocycles. The van der Waals surface area contributed by atoms with Crippen molar-refractivity contribution in [2.75, 3.05) is 21.3 Å². The lowest BCUT2D eigenvalue weighted by Gasteiger charge is -2.39. The van der Waals surface area contributed by atoms with Gasteiger partial charge in [-0.2, -0.15) is 5.10 Å². The van der Waals surface area contributed by atoms with Crippen molar-refractivity contribution in [3.63, 3.8) is 0 Å². The van der Waals surface area contributed by atoms with Crippen molar-refractivity contribution in [1.82, 2.24) is 5.01 Å². The molecule has 0 amide bonds. The minimum atomic E-state index is -1.16. The lowest BCUT2D eigenvalue weighted by molar-refractivity contribution is -0.0217. The number of rotatable bonds is 6. The van der Waals surface area contributed by atoms with Gasteiger partial charge in [0.15, 0.2) is 23.0 Å². The molecule has 5 rings (SSSR count). The molecule has 0 aliphatic carbocycles. The van der Waals surface area contributed by atoms with Gasteiger partial charge in [-0.05, 0) is 35.9 Å². The maximum absolute atomic E-state index is 12.4. The fraction of sp³-hybridized carbons (Fsp3) is 0.231. The number of benzene rings is 3. The molecule has 0 saturated carbocycles. The minimum absolute atomic E-state index is 0.0518. The summed E-state index contributed by atoms with van der Waals surface area (Å²) in [6, 6.07) is 16.3. The van der Waals surface area contributed by atoms with Crippen LogP contribution in [0.4, 0.5) is 0 Å². The van der Waals surface area contributed by atoms with Gasteiger partial charge in [-0.1, -0.05) is 35.9 Å². The molecule has 3 aromatic carbocycles. The van der Waals surface area contributed by atoms with Crippen molar-refractivity contribution < 1.29 is 28.8 Å². The number of ether oxygens (including phenoxy) is 4. The van der Waals surface area contributed by atoms with E-state index in [4.69, 9.17) is 35.6 Å². The van der Waals surface area contributed by atoms with Crippen LogP contribution in [-0.4, -0.2) is 43.1 Å². The lowest BCUT2D eigenvalue weighted by Crippen LogP contribution is -2.35. The molecule has 3 aromatic rings. The van der Waals surface area contributed by atoms with Crippen molar-refractivity contribution in [3.8, 4) is 23.0 Å². The van der Waals surface area contributed by atoms with Crippen LogP contribution in [0.15, 0.2) is 59.7 Å². The molecule has 9 heteroatoms. The van der Waals surface area contributed by atoms with Crippen LogP contribution in [0.2, 0.25) is 5.02 Å². The fourth-order valence-electron chi connectivity index (χ4n) is 4.64.